The molecule has 1 fully saturated rings. The lowest BCUT2D eigenvalue weighted by Gasteiger charge is -2.34. The van der Waals surface area contributed by atoms with Crippen LogP contribution < -0.4 is 10.6 Å². The minimum absolute atomic E-state index is 0.332. The Bertz CT molecular complexity index is 997. The third kappa shape index (κ3) is 4.31. The van der Waals surface area contributed by atoms with Gasteiger partial charge < -0.3 is 15.5 Å². The Labute approximate surface area is 171 Å². The van der Waals surface area contributed by atoms with E-state index in [1.54, 1.807) is 4.90 Å². The number of rotatable bonds is 5. The number of carbonyl (C=O) groups is 1. The molecule has 1 saturated heterocycles. The van der Waals surface area contributed by atoms with E-state index in [1.807, 2.05) is 19.2 Å². The van der Waals surface area contributed by atoms with Crippen molar-refractivity contribution < 1.29 is 4.79 Å². The molecule has 1 aliphatic rings. The number of benzene rings is 2. The van der Waals surface area contributed by atoms with E-state index >= 15 is 0 Å². The van der Waals surface area contributed by atoms with E-state index in [9.17, 15) is 4.79 Å². The average molecular weight is 390 g/mol. The molecule has 3 aromatic rings. The van der Waals surface area contributed by atoms with Crippen molar-refractivity contribution in [2.75, 3.05) is 31.1 Å². The predicted molar refractivity (Wildman–Crippen MR) is 117 cm³/mol. The number of nitrogens with zero attached hydrogens (tertiary/aromatic N) is 4. The van der Waals surface area contributed by atoms with E-state index in [-0.39, 0.29) is 6.03 Å². The molecular weight excluding hydrogens is 362 g/mol. The number of carbonyl (C=O) groups excluding carboxylic acids is 1. The van der Waals surface area contributed by atoms with Crippen LogP contribution in [0.25, 0.3) is 22.0 Å². The third-order valence-corrected chi connectivity index (χ3v) is 5.76. The minimum atomic E-state index is -0.332. The Hall–Kier alpha value is -3.15. The summed E-state index contributed by atoms with van der Waals surface area (Å²) >= 11 is 0. The van der Waals surface area contributed by atoms with E-state index in [2.05, 4.69) is 52.3 Å². The average Bonchev–Trinajstić information content (AvgIpc) is 2.77. The van der Waals surface area contributed by atoms with Crippen LogP contribution in [0.3, 0.4) is 0 Å². The van der Waals surface area contributed by atoms with Crippen LogP contribution in [0.15, 0.2) is 54.7 Å². The Morgan fingerprint density at radius 2 is 1.90 bits per heavy atom. The number of aromatic nitrogens is 2. The molecule has 150 valence electrons. The van der Waals surface area contributed by atoms with Crippen LogP contribution in [0.1, 0.15) is 19.8 Å². The maximum absolute atomic E-state index is 11.5. The molecule has 0 unspecified atom stereocenters. The lowest BCUT2D eigenvalue weighted by atomic mass is 9.96. The van der Waals surface area contributed by atoms with E-state index in [4.69, 9.17) is 10.7 Å². The maximum atomic E-state index is 11.5. The Morgan fingerprint density at radius 1 is 1.14 bits per heavy atom. The summed E-state index contributed by atoms with van der Waals surface area (Å²) in [6.07, 6.45) is 3.85. The topological polar surface area (TPSA) is 75.3 Å². The Balaban J connectivity index is 1.46. The van der Waals surface area contributed by atoms with Gasteiger partial charge in [0, 0.05) is 37.9 Å². The monoisotopic (exact) mass is 389 g/mol. The van der Waals surface area contributed by atoms with Gasteiger partial charge in [-0.1, -0.05) is 36.4 Å². The molecule has 4 rings (SSSR count). The number of urea groups is 1. The lowest BCUT2D eigenvalue weighted by Crippen LogP contribution is -2.43. The van der Waals surface area contributed by atoms with Crippen LogP contribution in [-0.4, -0.2) is 47.1 Å². The largest absolute Gasteiger partial charge is 0.351 e. The first-order valence-corrected chi connectivity index (χ1v) is 10.3. The molecule has 2 amide bonds. The van der Waals surface area contributed by atoms with Crippen molar-refractivity contribution >= 4 is 22.8 Å². The van der Waals surface area contributed by atoms with E-state index in [0.29, 0.717) is 12.5 Å². The van der Waals surface area contributed by atoms with Crippen molar-refractivity contribution in [3.05, 3.63) is 54.7 Å². The number of nitrogens with two attached hydrogens (primary N) is 1. The second kappa shape index (κ2) is 8.47. The molecule has 6 heteroatoms. The molecule has 0 spiro atoms. The number of anilines is 1. The van der Waals surface area contributed by atoms with Gasteiger partial charge in [0.05, 0.1) is 5.69 Å². The molecule has 6 nitrogen and oxygen atoms in total. The third-order valence-electron chi connectivity index (χ3n) is 5.76. The van der Waals surface area contributed by atoms with Crippen molar-refractivity contribution in [2.24, 2.45) is 11.7 Å². The van der Waals surface area contributed by atoms with Gasteiger partial charge in [0.25, 0.3) is 0 Å². The first-order chi connectivity index (χ1) is 14.1. The van der Waals surface area contributed by atoms with E-state index < -0.39 is 0 Å². The summed E-state index contributed by atoms with van der Waals surface area (Å²) in [4.78, 5) is 24.8. The van der Waals surface area contributed by atoms with Crippen LogP contribution >= 0.6 is 0 Å². The van der Waals surface area contributed by atoms with Crippen LogP contribution in [0.4, 0.5) is 10.7 Å². The molecule has 0 atom stereocenters. The fraction of sp³-hybridized carbons (Fsp3) is 0.348. The predicted octanol–water partition coefficient (Wildman–Crippen LogP) is 3.91. The second-order valence-electron chi connectivity index (χ2n) is 7.61. The summed E-state index contributed by atoms with van der Waals surface area (Å²) in [6.45, 7) is 5.14. The standard InChI is InChI=1S/C23H27N5O/c1-2-27(22(24)29)16-17-10-13-28(14-11-17)23-25-12-9-21(26-23)20-8-7-18-5-3-4-6-19(18)15-20/h3-9,12,15,17H,2,10-11,13-14,16H2,1H3,(H2,24,29). The number of hydrogen-bond acceptors (Lipinski definition) is 4. The molecule has 0 saturated carbocycles. The number of hydrogen-bond donors (Lipinski definition) is 1. The molecule has 2 heterocycles. The maximum Gasteiger partial charge on any atom is 0.314 e. The Morgan fingerprint density at radius 3 is 2.62 bits per heavy atom. The van der Waals surface area contributed by atoms with Crippen LogP contribution in [0.5, 0.6) is 0 Å². The Kier molecular flexibility index (Phi) is 5.60. The van der Waals surface area contributed by atoms with Gasteiger partial charge >= 0.3 is 6.03 Å². The molecule has 0 bridgehead atoms. The molecule has 2 aromatic carbocycles. The molecule has 0 aliphatic carbocycles. The first kappa shape index (κ1) is 19.2. The van der Waals surface area contributed by atoms with Crippen LogP contribution in [0.2, 0.25) is 0 Å². The van der Waals surface area contributed by atoms with Gasteiger partial charge in [-0.05, 0) is 48.6 Å². The highest BCUT2D eigenvalue weighted by Gasteiger charge is 2.23. The fourth-order valence-corrected chi connectivity index (χ4v) is 4.01. The van der Waals surface area contributed by atoms with Crippen molar-refractivity contribution in [3.8, 4) is 11.3 Å². The van der Waals surface area contributed by atoms with Crippen LogP contribution in [0, 0.1) is 5.92 Å². The van der Waals surface area contributed by atoms with E-state index in [1.165, 1.54) is 10.8 Å². The van der Waals surface area contributed by atoms with Crippen molar-refractivity contribution in [1.82, 2.24) is 14.9 Å². The molecule has 0 radical (unpaired) electrons. The fourth-order valence-electron chi connectivity index (χ4n) is 4.01. The number of fused-ring (bicyclic) bond motifs is 1. The number of primary amides is 1. The quantitative estimate of drug-likeness (QED) is 0.718. The first-order valence-electron chi connectivity index (χ1n) is 10.3. The van der Waals surface area contributed by atoms with Crippen molar-refractivity contribution in [2.45, 2.75) is 19.8 Å². The van der Waals surface area contributed by atoms with Gasteiger partial charge in [0.2, 0.25) is 5.95 Å². The zero-order chi connectivity index (χ0) is 20.2. The highest BCUT2D eigenvalue weighted by Crippen LogP contribution is 2.26. The smallest absolute Gasteiger partial charge is 0.314 e. The second-order valence-corrected chi connectivity index (χ2v) is 7.61. The summed E-state index contributed by atoms with van der Waals surface area (Å²) in [5.41, 5.74) is 7.48. The van der Waals surface area contributed by atoms with Gasteiger partial charge in [0.15, 0.2) is 0 Å². The van der Waals surface area contributed by atoms with Gasteiger partial charge in [-0.15, -0.1) is 0 Å². The zero-order valence-electron chi connectivity index (χ0n) is 16.8. The summed E-state index contributed by atoms with van der Waals surface area (Å²) in [5, 5.41) is 2.44. The lowest BCUT2D eigenvalue weighted by molar-refractivity contribution is 0.194. The highest BCUT2D eigenvalue weighted by molar-refractivity contribution is 5.86. The van der Waals surface area contributed by atoms with Crippen LogP contribution in [-0.2, 0) is 0 Å². The summed E-state index contributed by atoms with van der Waals surface area (Å²) in [6, 6.07) is 16.4. The SMILES string of the molecule is CCN(CC1CCN(c2nccc(-c3ccc4ccccc4c3)n2)CC1)C(N)=O. The van der Waals surface area contributed by atoms with Crippen molar-refractivity contribution in [3.63, 3.8) is 0 Å². The zero-order valence-corrected chi connectivity index (χ0v) is 16.8. The molecule has 29 heavy (non-hydrogen) atoms. The highest BCUT2D eigenvalue weighted by atomic mass is 16.2. The molecule has 1 aliphatic heterocycles. The van der Waals surface area contributed by atoms with Gasteiger partial charge in [-0.3, -0.25) is 0 Å². The summed E-state index contributed by atoms with van der Waals surface area (Å²) < 4.78 is 0. The minimum Gasteiger partial charge on any atom is -0.351 e. The summed E-state index contributed by atoms with van der Waals surface area (Å²) in [7, 11) is 0. The van der Waals surface area contributed by atoms with Gasteiger partial charge in [-0.25, -0.2) is 14.8 Å². The molecular formula is C23H27N5O. The number of amides is 2. The normalized spacial score (nSPS) is 14.9. The van der Waals surface area contributed by atoms with Crippen molar-refractivity contribution in [1.29, 1.82) is 0 Å². The molecule has 2 N–H and O–H groups in total. The summed E-state index contributed by atoms with van der Waals surface area (Å²) in [5.74, 6) is 1.25. The van der Waals surface area contributed by atoms with Gasteiger partial charge in [-0.2, -0.15) is 0 Å². The molecule has 1 aromatic heterocycles. The van der Waals surface area contributed by atoms with E-state index in [0.717, 1.165) is 49.7 Å². The number of piperidine rings is 1. The van der Waals surface area contributed by atoms with Gasteiger partial charge in [0.1, 0.15) is 0 Å².